The van der Waals surface area contributed by atoms with Crippen LogP contribution in [0, 0.1) is 0 Å². The van der Waals surface area contributed by atoms with Crippen LogP contribution in [0.15, 0.2) is 6.07 Å². The molecule has 96 valence electrons. The number of hydrogen-bond acceptors (Lipinski definition) is 2. The lowest BCUT2D eigenvalue weighted by atomic mass is 10.1. The van der Waals surface area contributed by atoms with Crippen LogP contribution in [0.25, 0.3) is 0 Å². The zero-order chi connectivity index (χ0) is 12.7. The largest absolute Gasteiger partial charge is 0.351 e. The van der Waals surface area contributed by atoms with E-state index in [2.05, 4.69) is 12.2 Å². The Morgan fingerprint density at radius 2 is 2.00 bits per heavy atom. The van der Waals surface area contributed by atoms with Crippen molar-refractivity contribution >= 4 is 40.4 Å². The third-order valence-electron chi connectivity index (χ3n) is 2.43. The van der Waals surface area contributed by atoms with Gasteiger partial charge in [0, 0.05) is 6.54 Å². The van der Waals surface area contributed by atoms with E-state index in [1.165, 1.54) is 37.0 Å². The topological polar surface area (TPSA) is 29.1 Å². The number of thiophene rings is 1. The van der Waals surface area contributed by atoms with Gasteiger partial charge in [-0.1, -0.05) is 55.8 Å². The fraction of sp³-hybridized carbons (Fsp3) is 0.583. The molecule has 2 nitrogen and oxygen atoms in total. The highest BCUT2D eigenvalue weighted by Crippen LogP contribution is 2.31. The normalized spacial score (nSPS) is 10.5. The van der Waals surface area contributed by atoms with E-state index in [-0.39, 0.29) is 5.91 Å². The molecule has 1 aromatic rings. The molecule has 0 aliphatic rings. The Morgan fingerprint density at radius 1 is 1.29 bits per heavy atom. The van der Waals surface area contributed by atoms with Gasteiger partial charge in [-0.05, 0) is 12.5 Å². The molecule has 0 bridgehead atoms. The molecule has 0 atom stereocenters. The van der Waals surface area contributed by atoms with Crippen molar-refractivity contribution in [3.63, 3.8) is 0 Å². The maximum absolute atomic E-state index is 11.7. The molecule has 0 spiro atoms. The van der Waals surface area contributed by atoms with Crippen molar-refractivity contribution in [3.05, 3.63) is 20.3 Å². The lowest BCUT2D eigenvalue weighted by molar-refractivity contribution is 0.0957. The van der Waals surface area contributed by atoms with Gasteiger partial charge in [-0.3, -0.25) is 4.79 Å². The van der Waals surface area contributed by atoms with Gasteiger partial charge in [0.15, 0.2) is 0 Å². The summed E-state index contributed by atoms with van der Waals surface area (Å²) in [6.45, 7) is 2.90. The average Bonchev–Trinajstić information content (AvgIpc) is 2.64. The van der Waals surface area contributed by atoms with E-state index in [4.69, 9.17) is 23.2 Å². The number of amides is 1. The molecule has 1 aromatic heterocycles. The minimum Gasteiger partial charge on any atom is -0.351 e. The van der Waals surface area contributed by atoms with E-state index >= 15 is 0 Å². The minimum absolute atomic E-state index is 0.0840. The smallest absolute Gasteiger partial charge is 0.261 e. The number of rotatable bonds is 7. The second kappa shape index (κ2) is 7.96. The number of carbonyl (C=O) groups is 1. The summed E-state index contributed by atoms with van der Waals surface area (Å²) in [6.07, 6.45) is 5.93. The Kier molecular flexibility index (Phi) is 6.93. The van der Waals surface area contributed by atoms with Crippen LogP contribution in [0.1, 0.15) is 48.7 Å². The summed E-state index contributed by atoms with van der Waals surface area (Å²) in [6, 6.07) is 1.61. The highest BCUT2D eigenvalue weighted by Gasteiger charge is 2.11. The van der Waals surface area contributed by atoms with Crippen LogP contribution in [0.3, 0.4) is 0 Å². The van der Waals surface area contributed by atoms with E-state index in [1.807, 2.05) is 0 Å². The molecular weight excluding hydrogens is 277 g/mol. The summed E-state index contributed by atoms with van der Waals surface area (Å²) < 4.78 is 0.472. The zero-order valence-electron chi connectivity index (χ0n) is 9.89. The Balaban J connectivity index is 2.21. The van der Waals surface area contributed by atoms with Crippen LogP contribution >= 0.6 is 34.5 Å². The van der Waals surface area contributed by atoms with Crippen LogP contribution < -0.4 is 5.32 Å². The standard InChI is InChI=1S/C12H17Cl2NOS/c1-2-3-4-5-6-7-15-12(16)10-8-9(13)11(14)17-10/h8H,2-7H2,1H3,(H,15,16). The summed E-state index contributed by atoms with van der Waals surface area (Å²) in [5.74, 6) is -0.0840. The van der Waals surface area contributed by atoms with Crippen LogP contribution in [-0.4, -0.2) is 12.5 Å². The summed E-state index contributed by atoms with van der Waals surface area (Å²) in [7, 11) is 0. The third kappa shape index (κ3) is 5.28. The molecule has 0 fully saturated rings. The number of nitrogens with one attached hydrogen (secondary N) is 1. The number of carbonyl (C=O) groups excluding carboxylic acids is 1. The van der Waals surface area contributed by atoms with E-state index in [9.17, 15) is 4.79 Å². The number of hydrogen-bond donors (Lipinski definition) is 1. The Morgan fingerprint density at radius 3 is 2.59 bits per heavy atom. The molecule has 0 aliphatic heterocycles. The molecule has 0 aromatic carbocycles. The second-order valence-corrected chi connectivity index (χ2v) is 5.96. The SMILES string of the molecule is CCCCCCCNC(=O)c1cc(Cl)c(Cl)s1. The van der Waals surface area contributed by atoms with Gasteiger partial charge in [0.25, 0.3) is 5.91 Å². The molecule has 0 saturated carbocycles. The van der Waals surface area contributed by atoms with Crippen molar-refractivity contribution in [2.75, 3.05) is 6.54 Å². The summed E-state index contributed by atoms with van der Waals surface area (Å²) in [4.78, 5) is 12.3. The Labute approximate surface area is 116 Å². The summed E-state index contributed by atoms with van der Waals surface area (Å²) >= 11 is 12.8. The van der Waals surface area contributed by atoms with Gasteiger partial charge in [0.2, 0.25) is 0 Å². The first-order chi connectivity index (χ1) is 8.15. The highest BCUT2D eigenvalue weighted by atomic mass is 35.5. The lowest BCUT2D eigenvalue weighted by Gasteiger charge is -2.02. The molecule has 1 amide bonds. The molecular formula is C12H17Cl2NOS. The van der Waals surface area contributed by atoms with Crippen molar-refractivity contribution in [2.45, 2.75) is 39.0 Å². The first-order valence-electron chi connectivity index (χ1n) is 5.88. The van der Waals surface area contributed by atoms with Gasteiger partial charge in [0.05, 0.1) is 9.90 Å². The predicted molar refractivity (Wildman–Crippen MR) is 75.4 cm³/mol. The minimum atomic E-state index is -0.0840. The zero-order valence-corrected chi connectivity index (χ0v) is 12.2. The van der Waals surface area contributed by atoms with Gasteiger partial charge >= 0.3 is 0 Å². The maximum Gasteiger partial charge on any atom is 0.261 e. The van der Waals surface area contributed by atoms with E-state index < -0.39 is 0 Å². The van der Waals surface area contributed by atoms with Crippen molar-refractivity contribution in [3.8, 4) is 0 Å². The number of halogens is 2. The quantitative estimate of drug-likeness (QED) is 0.722. The first-order valence-corrected chi connectivity index (χ1v) is 7.45. The molecule has 5 heteroatoms. The van der Waals surface area contributed by atoms with Crippen molar-refractivity contribution in [2.24, 2.45) is 0 Å². The van der Waals surface area contributed by atoms with Crippen LogP contribution in [0.5, 0.6) is 0 Å². The summed E-state index contributed by atoms with van der Waals surface area (Å²) in [5.41, 5.74) is 0. The third-order valence-corrected chi connectivity index (χ3v) is 4.30. The van der Waals surface area contributed by atoms with E-state index in [1.54, 1.807) is 6.07 Å². The predicted octanol–water partition coefficient (Wildman–Crippen LogP) is 4.76. The van der Waals surface area contributed by atoms with Crippen molar-refractivity contribution < 1.29 is 4.79 Å². The number of unbranched alkanes of at least 4 members (excludes halogenated alkanes) is 4. The van der Waals surface area contributed by atoms with Crippen molar-refractivity contribution in [1.82, 2.24) is 5.32 Å². The van der Waals surface area contributed by atoms with Gasteiger partial charge in [0.1, 0.15) is 4.34 Å². The monoisotopic (exact) mass is 293 g/mol. The first kappa shape index (κ1) is 14.8. The van der Waals surface area contributed by atoms with Gasteiger partial charge in [-0.15, -0.1) is 11.3 Å². The van der Waals surface area contributed by atoms with Gasteiger partial charge < -0.3 is 5.32 Å². The fourth-order valence-corrected chi connectivity index (χ4v) is 2.76. The highest BCUT2D eigenvalue weighted by molar-refractivity contribution is 7.18. The van der Waals surface area contributed by atoms with E-state index in [0.29, 0.717) is 14.2 Å². The molecule has 1 heterocycles. The van der Waals surface area contributed by atoms with E-state index in [0.717, 1.165) is 13.0 Å². The van der Waals surface area contributed by atoms with Gasteiger partial charge in [-0.2, -0.15) is 0 Å². The maximum atomic E-state index is 11.7. The second-order valence-electron chi connectivity index (χ2n) is 3.90. The van der Waals surface area contributed by atoms with Crippen molar-refractivity contribution in [1.29, 1.82) is 0 Å². The van der Waals surface area contributed by atoms with Crippen LogP contribution in [-0.2, 0) is 0 Å². The molecule has 0 saturated heterocycles. The Hall–Kier alpha value is -0.250. The molecule has 17 heavy (non-hydrogen) atoms. The molecule has 0 aliphatic carbocycles. The van der Waals surface area contributed by atoms with Crippen LogP contribution in [0.2, 0.25) is 9.36 Å². The molecule has 1 rings (SSSR count). The Bertz CT molecular complexity index is 346. The van der Waals surface area contributed by atoms with Crippen LogP contribution in [0.4, 0.5) is 0 Å². The fourth-order valence-electron chi connectivity index (χ4n) is 1.48. The summed E-state index contributed by atoms with van der Waals surface area (Å²) in [5, 5.41) is 3.32. The van der Waals surface area contributed by atoms with Gasteiger partial charge in [-0.25, -0.2) is 0 Å². The molecule has 0 unspecified atom stereocenters. The molecule has 1 N–H and O–H groups in total. The lowest BCUT2D eigenvalue weighted by Crippen LogP contribution is -2.23. The average molecular weight is 294 g/mol. The molecule has 0 radical (unpaired) electrons.